The van der Waals surface area contributed by atoms with Crippen molar-refractivity contribution in [3.8, 4) is 0 Å². The standard InChI is InChI=1S/C15H11N3O3S/c19-15(7-10-5-6-22-9-10)17-14-4-1-11-8-12(18(20)21)2-3-13(11)16-14/h1-6,8-9H,7H2,(H,16,17,19). The lowest BCUT2D eigenvalue weighted by atomic mass is 10.2. The molecular formula is C15H11N3O3S. The van der Waals surface area contributed by atoms with Crippen LogP contribution < -0.4 is 5.32 Å². The third-order valence-corrected chi connectivity index (χ3v) is 3.83. The number of pyridine rings is 1. The highest BCUT2D eigenvalue weighted by Gasteiger charge is 2.09. The predicted molar refractivity (Wildman–Crippen MR) is 85.1 cm³/mol. The molecule has 0 spiro atoms. The van der Waals surface area contributed by atoms with Crippen LogP contribution in [0.3, 0.4) is 0 Å². The second kappa shape index (κ2) is 5.90. The van der Waals surface area contributed by atoms with E-state index in [0.29, 0.717) is 23.1 Å². The smallest absolute Gasteiger partial charge is 0.270 e. The van der Waals surface area contributed by atoms with Gasteiger partial charge in [0.25, 0.3) is 5.69 Å². The molecule has 7 heteroatoms. The summed E-state index contributed by atoms with van der Waals surface area (Å²) in [5.74, 6) is 0.286. The van der Waals surface area contributed by atoms with Gasteiger partial charge in [-0.3, -0.25) is 14.9 Å². The van der Waals surface area contributed by atoms with Crippen LogP contribution in [-0.2, 0) is 11.2 Å². The maximum Gasteiger partial charge on any atom is 0.270 e. The maximum atomic E-state index is 11.9. The molecule has 2 aromatic heterocycles. The number of non-ortho nitro benzene ring substituents is 1. The topological polar surface area (TPSA) is 85.1 Å². The predicted octanol–water partition coefficient (Wildman–Crippen LogP) is 3.39. The molecule has 0 aliphatic rings. The van der Waals surface area contributed by atoms with Crippen molar-refractivity contribution < 1.29 is 9.72 Å². The third-order valence-electron chi connectivity index (χ3n) is 3.10. The fourth-order valence-electron chi connectivity index (χ4n) is 2.06. The van der Waals surface area contributed by atoms with Gasteiger partial charge in [-0.2, -0.15) is 11.3 Å². The van der Waals surface area contributed by atoms with Crippen molar-refractivity contribution in [3.05, 3.63) is 62.8 Å². The van der Waals surface area contributed by atoms with Gasteiger partial charge in [0, 0.05) is 17.5 Å². The summed E-state index contributed by atoms with van der Waals surface area (Å²) in [4.78, 5) is 26.5. The fourth-order valence-corrected chi connectivity index (χ4v) is 2.73. The number of carbonyl (C=O) groups excluding carboxylic acids is 1. The average Bonchev–Trinajstić information content (AvgIpc) is 2.99. The Labute approximate surface area is 129 Å². The fraction of sp³-hybridized carbons (Fsp3) is 0.0667. The van der Waals surface area contributed by atoms with Gasteiger partial charge in [0.15, 0.2) is 0 Å². The first-order valence-electron chi connectivity index (χ1n) is 6.48. The Morgan fingerprint density at radius 1 is 1.27 bits per heavy atom. The first-order valence-corrected chi connectivity index (χ1v) is 7.42. The van der Waals surface area contributed by atoms with Crippen LogP contribution in [-0.4, -0.2) is 15.8 Å². The van der Waals surface area contributed by atoms with Crippen molar-refractivity contribution >= 4 is 39.7 Å². The van der Waals surface area contributed by atoms with Gasteiger partial charge in [0.05, 0.1) is 16.9 Å². The zero-order valence-electron chi connectivity index (χ0n) is 11.4. The summed E-state index contributed by atoms with van der Waals surface area (Å²) in [5.41, 5.74) is 1.57. The number of thiophene rings is 1. The summed E-state index contributed by atoms with van der Waals surface area (Å²) in [6, 6.07) is 9.66. The van der Waals surface area contributed by atoms with Crippen molar-refractivity contribution in [3.63, 3.8) is 0 Å². The molecule has 0 radical (unpaired) electrons. The Morgan fingerprint density at radius 2 is 2.14 bits per heavy atom. The highest BCUT2D eigenvalue weighted by Crippen LogP contribution is 2.21. The number of hydrogen-bond donors (Lipinski definition) is 1. The minimum Gasteiger partial charge on any atom is -0.310 e. The first-order chi connectivity index (χ1) is 10.6. The second-order valence-electron chi connectivity index (χ2n) is 4.69. The average molecular weight is 313 g/mol. The van der Waals surface area contributed by atoms with Crippen LogP contribution in [0.4, 0.5) is 11.5 Å². The number of aromatic nitrogens is 1. The minimum absolute atomic E-state index is 0.0172. The number of amides is 1. The highest BCUT2D eigenvalue weighted by atomic mass is 32.1. The number of carbonyl (C=O) groups is 1. The normalized spacial score (nSPS) is 10.5. The Balaban J connectivity index is 1.78. The number of rotatable bonds is 4. The molecule has 0 saturated heterocycles. The van der Waals surface area contributed by atoms with Crippen LogP contribution in [0.25, 0.3) is 10.9 Å². The molecule has 2 heterocycles. The number of nitro groups is 1. The van der Waals surface area contributed by atoms with E-state index in [1.54, 1.807) is 29.5 Å². The quantitative estimate of drug-likeness (QED) is 0.591. The van der Waals surface area contributed by atoms with Crippen molar-refractivity contribution in [2.24, 2.45) is 0 Å². The lowest BCUT2D eigenvalue weighted by Gasteiger charge is -2.05. The third kappa shape index (κ3) is 3.09. The van der Waals surface area contributed by atoms with Gasteiger partial charge in [-0.1, -0.05) is 0 Å². The molecule has 1 amide bonds. The number of benzene rings is 1. The van der Waals surface area contributed by atoms with Gasteiger partial charge >= 0.3 is 0 Å². The minimum atomic E-state index is -0.448. The van der Waals surface area contributed by atoms with Crippen molar-refractivity contribution in [1.82, 2.24) is 4.98 Å². The number of anilines is 1. The molecule has 1 N–H and O–H groups in total. The number of nitrogens with one attached hydrogen (secondary N) is 1. The molecule has 110 valence electrons. The molecule has 0 atom stereocenters. The molecule has 0 saturated carbocycles. The van der Waals surface area contributed by atoms with Gasteiger partial charge < -0.3 is 5.32 Å². The van der Waals surface area contributed by atoms with E-state index in [0.717, 1.165) is 5.56 Å². The lowest BCUT2D eigenvalue weighted by Crippen LogP contribution is -2.14. The molecule has 0 aliphatic carbocycles. The van der Waals surface area contributed by atoms with E-state index in [1.165, 1.54) is 12.1 Å². The van der Waals surface area contributed by atoms with E-state index in [4.69, 9.17) is 0 Å². The molecule has 0 aliphatic heterocycles. The molecule has 1 aromatic carbocycles. The van der Waals surface area contributed by atoms with E-state index in [2.05, 4.69) is 10.3 Å². The molecule has 3 rings (SSSR count). The Bertz CT molecular complexity index is 846. The summed E-state index contributed by atoms with van der Waals surface area (Å²) < 4.78 is 0. The van der Waals surface area contributed by atoms with Crippen molar-refractivity contribution in [2.45, 2.75) is 6.42 Å². The van der Waals surface area contributed by atoms with Crippen LogP contribution in [0.5, 0.6) is 0 Å². The van der Waals surface area contributed by atoms with E-state index in [-0.39, 0.29) is 11.6 Å². The Hall–Kier alpha value is -2.80. The molecule has 6 nitrogen and oxygen atoms in total. The summed E-state index contributed by atoms with van der Waals surface area (Å²) in [5, 5.41) is 18.0. The van der Waals surface area contributed by atoms with Crippen LogP contribution in [0, 0.1) is 10.1 Å². The number of nitro benzene ring substituents is 1. The van der Waals surface area contributed by atoms with Gasteiger partial charge in [-0.15, -0.1) is 0 Å². The molecule has 0 unspecified atom stereocenters. The van der Waals surface area contributed by atoms with Crippen molar-refractivity contribution in [1.29, 1.82) is 0 Å². The zero-order chi connectivity index (χ0) is 15.5. The number of hydrogen-bond acceptors (Lipinski definition) is 5. The summed E-state index contributed by atoms with van der Waals surface area (Å²) >= 11 is 1.54. The second-order valence-corrected chi connectivity index (χ2v) is 5.47. The van der Waals surface area contributed by atoms with Gasteiger partial charge in [-0.05, 0) is 40.6 Å². The van der Waals surface area contributed by atoms with E-state index < -0.39 is 4.92 Å². The van der Waals surface area contributed by atoms with Crippen LogP contribution in [0.2, 0.25) is 0 Å². The Kier molecular flexibility index (Phi) is 3.80. The SMILES string of the molecule is O=C(Cc1ccsc1)Nc1ccc2cc([N+](=O)[O-])ccc2n1. The van der Waals surface area contributed by atoms with Gasteiger partial charge in [0.2, 0.25) is 5.91 Å². The largest absolute Gasteiger partial charge is 0.310 e. The lowest BCUT2D eigenvalue weighted by molar-refractivity contribution is -0.384. The highest BCUT2D eigenvalue weighted by molar-refractivity contribution is 7.08. The monoisotopic (exact) mass is 313 g/mol. The molecular weight excluding hydrogens is 302 g/mol. The summed E-state index contributed by atoms with van der Waals surface area (Å²) in [7, 11) is 0. The van der Waals surface area contributed by atoms with Gasteiger partial charge in [-0.25, -0.2) is 4.98 Å². The zero-order valence-corrected chi connectivity index (χ0v) is 12.2. The molecule has 0 bridgehead atoms. The van der Waals surface area contributed by atoms with E-state index >= 15 is 0 Å². The van der Waals surface area contributed by atoms with Crippen LogP contribution in [0.1, 0.15) is 5.56 Å². The van der Waals surface area contributed by atoms with Gasteiger partial charge in [0.1, 0.15) is 5.82 Å². The van der Waals surface area contributed by atoms with Crippen molar-refractivity contribution in [2.75, 3.05) is 5.32 Å². The maximum absolute atomic E-state index is 11.9. The van der Waals surface area contributed by atoms with E-state index in [1.807, 2.05) is 16.8 Å². The van der Waals surface area contributed by atoms with Crippen LogP contribution >= 0.6 is 11.3 Å². The summed E-state index contributed by atoms with van der Waals surface area (Å²) in [6.07, 6.45) is 0.295. The van der Waals surface area contributed by atoms with E-state index in [9.17, 15) is 14.9 Å². The number of fused-ring (bicyclic) bond motifs is 1. The molecule has 0 fully saturated rings. The summed E-state index contributed by atoms with van der Waals surface area (Å²) in [6.45, 7) is 0. The number of nitrogens with zero attached hydrogens (tertiary/aromatic N) is 2. The molecule has 3 aromatic rings. The molecule has 22 heavy (non-hydrogen) atoms. The van der Waals surface area contributed by atoms with Crippen LogP contribution in [0.15, 0.2) is 47.2 Å². The Morgan fingerprint density at radius 3 is 2.86 bits per heavy atom. The first kappa shape index (κ1) is 14.2.